The van der Waals surface area contributed by atoms with Gasteiger partial charge < -0.3 is 20.3 Å². The first kappa shape index (κ1) is 19.8. The zero-order chi connectivity index (χ0) is 20.1. The maximum absolute atomic E-state index is 14.0. The van der Waals surface area contributed by atoms with Crippen molar-refractivity contribution in [3.8, 4) is 0 Å². The maximum atomic E-state index is 14.0. The van der Waals surface area contributed by atoms with E-state index in [0.717, 1.165) is 5.69 Å². The van der Waals surface area contributed by atoms with Gasteiger partial charge in [0.25, 0.3) is 0 Å². The molecule has 1 aromatic heterocycles. The average molecular weight is 389 g/mol. The van der Waals surface area contributed by atoms with Crippen LogP contribution in [0.3, 0.4) is 0 Å². The third kappa shape index (κ3) is 4.86. The molecule has 28 heavy (non-hydrogen) atoms. The van der Waals surface area contributed by atoms with E-state index in [2.05, 4.69) is 29.5 Å². The lowest BCUT2D eigenvalue weighted by Crippen LogP contribution is -2.42. The molecule has 1 aliphatic heterocycles. The monoisotopic (exact) mass is 389 g/mol. The standard InChI is InChI=1S/C19H24FN5O3/c1-13(2)11-21-18-8-7-16(25(26)27)19(23-18)22-14-3-5-15(6-4-14)24-9-10-28-12-17(24)20/h3-8,13,17H,9-12H2,1-2H3,(H2,21,22,23). The van der Waals surface area contributed by atoms with Crippen LogP contribution in [0.2, 0.25) is 0 Å². The van der Waals surface area contributed by atoms with Crippen molar-refractivity contribution in [2.75, 3.05) is 41.8 Å². The van der Waals surface area contributed by atoms with Crippen molar-refractivity contribution in [1.29, 1.82) is 0 Å². The summed E-state index contributed by atoms with van der Waals surface area (Å²) in [7, 11) is 0. The molecule has 0 aliphatic carbocycles. The fourth-order valence-corrected chi connectivity index (χ4v) is 2.84. The highest BCUT2D eigenvalue weighted by Crippen LogP contribution is 2.29. The van der Waals surface area contributed by atoms with Crippen LogP contribution in [0.1, 0.15) is 13.8 Å². The van der Waals surface area contributed by atoms with Crippen LogP contribution in [0.15, 0.2) is 36.4 Å². The predicted molar refractivity (Wildman–Crippen MR) is 107 cm³/mol. The van der Waals surface area contributed by atoms with Crippen LogP contribution < -0.4 is 15.5 Å². The van der Waals surface area contributed by atoms with E-state index < -0.39 is 11.2 Å². The van der Waals surface area contributed by atoms with E-state index in [9.17, 15) is 14.5 Å². The Balaban J connectivity index is 1.77. The Labute approximate surface area is 162 Å². The third-order valence-electron chi connectivity index (χ3n) is 4.29. The molecule has 1 atom stereocenters. The summed E-state index contributed by atoms with van der Waals surface area (Å²) < 4.78 is 19.1. The number of rotatable bonds is 7. The normalized spacial score (nSPS) is 16.9. The summed E-state index contributed by atoms with van der Waals surface area (Å²) >= 11 is 0. The summed E-state index contributed by atoms with van der Waals surface area (Å²) in [5.74, 6) is 1.13. The first-order valence-corrected chi connectivity index (χ1v) is 9.19. The van der Waals surface area contributed by atoms with Crippen LogP contribution in [0, 0.1) is 16.0 Å². The van der Waals surface area contributed by atoms with Crippen molar-refractivity contribution >= 4 is 28.7 Å². The van der Waals surface area contributed by atoms with Crippen LogP contribution in [0.5, 0.6) is 0 Å². The van der Waals surface area contributed by atoms with Gasteiger partial charge in [-0.3, -0.25) is 10.1 Å². The molecule has 0 amide bonds. The molecule has 1 aromatic carbocycles. The molecule has 150 valence electrons. The van der Waals surface area contributed by atoms with E-state index in [0.29, 0.717) is 37.1 Å². The largest absolute Gasteiger partial charge is 0.375 e. The lowest BCUT2D eigenvalue weighted by Gasteiger charge is -2.32. The maximum Gasteiger partial charge on any atom is 0.311 e. The Morgan fingerprint density at radius 2 is 2.07 bits per heavy atom. The van der Waals surface area contributed by atoms with Gasteiger partial charge >= 0.3 is 5.69 Å². The Kier molecular flexibility index (Phi) is 6.25. The summed E-state index contributed by atoms with van der Waals surface area (Å²) in [4.78, 5) is 16.8. The number of halogens is 1. The van der Waals surface area contributed by atoms with Crippen LogP contribution in [0.25, 0.3) is 0 Å². The van der Waals surface area contributed by atoms with Crippen LogP contribution in [-0.4, -0.2) is 42.5 Å². The number of alkyl halides is 1. The third-order valence-corrected chi connectivity index (χ3v) is 4.29. The smallest absolute Gasteiger partial charge is 0.311 e. The molecule has 0 spiro atoms. The van der Waals surface area contributed by atoms with E-state index in [4.69, 9.17) is 4.74 Å². The van der Waals surface area contributed by atoms with Gasteiger partial charge in [-0.25, -0.2) is 9.37 Å². The molecule has 1 fully saturated rings. The van der Waals surface area contributed by atoms with Gasteiger partial charge in [0.2, 0.25) is 5.82 Å². The molecule has 9 heteroatoms. The van der Waals surface area contributed by atoms with Gasteiger partial charge in [0, 0.05) is 30.5 Å². The molecule has 1 aliphatic rings. The molecule has 0 saturated carbocycles. The second kappa shape index (κ2) is 8.83. The van der Waals surface area contributed by atoms with E-state index in [1.165, 1.54) is 6.07 Å². The SMILES string of the molecule is CC(C)CNc1ccc([N+](=O)[O-])c(Nc2ccc(N3CCOCC3F)cc2)n1. The number of benzene rings is 1. The van der Waals surface area contributed by atoms with Crippen molar-refractivity contribution in [2.24, 2.45) is 5.92 Å². The van der Waals surface area contributed by atoms with E-state index in [-0.39, 0.29) is 18.1 Å². The topological polar surface area (TPSA) is 92.6 Å². The Bertz CT molecular complexity index is 816. The van der Waals surface area contributed by atoms with E-state index in [1.54, 1.807) is 35.2 Å². The molecule has 0 bridgehead atoms. The number of hydrogen-bond acceptors (Lipinski definition) is 7. The molecule has 2 aromatic rings. The number of ether oxygens (including phenoxy) is 1. The van der Waals surface area contributed by atoms with Crippen molar-refractivity contribution < 1.29 is 14.1 Å². The number of hydrogen-bond donors (Lipinski definition) is 2. The van der Waals surface area contributed by atoms with Gasteiger partial charge in [-0.1, -0.05) is 13.8 Å². The highest BCUT2D eigenvalue weighted by atomic mass is 19.1. The minimum absolute atomic E-state index is 0.0479. The van der Waals surface area contributed by atoms with Crippen LogP contribution in [-0.2, 0) is 4.74 Å². The predicted octanol–water partition coefficient (Wildman–Crippen LogP) is 3.93. The van der Waals surface area contributed by atoms with E-state index in [1.807, 2.05) is 0 Å². The molecule has 1 unspecified atom stereocenters. The number of pyridine rings is 1. The summed E-state index contributed by atoms with van der Waals surface area (Å²) in [6.07, 6.45) is -1.18. The summed E-state index contributed by atoms with van der Waals surface area (Å²) in [5, 5.41) is 17.5. The fourth-order valence-electron chi connectivity index (χ4n) is 2.84. The minimum Gasteiger partial charge on any atom is -0.375 e. The van der Waals surface area contributed by atoms with Crippen molar-refractivity contribution in [1.82, 2.24) is 4.98 Å². The second-order valence-corrected chi connectivity index (χ2v) is 6.97. The molecule has 8 nitrogen and oxygen atoms in total. The Morgan fingerprint density at radius 3 is 2.71 bits per heavy atom. The number of aromatic nitrogens is 1. The number of nitro groups is 1. The van der Waals surface area contributed by atoms with E-state index >= 15 is 0 Å². The molecule has 3 rings (SSSR count). The van der Waals surface area contributed by atoms with Gasteiger partial charge in [0.05, 0.1) is 18.1 Å². The molecule has 1 saturated heterocycles. The van der Waals surface area contributed by atoms with Crippen molar-refractivity contribution in [3.05, 3.63) is 46.5 Å². The molecular weight excluding hydrogens is 365 g/mol. The molecule has 2 heterocycles. The Morgan fingerprint density at radius 1 is 1.32 bits per heavy atom. The zero-order valence-corrected chi connectivity index (χ0v) is 15.9. The summed E-state index contributed by atoms with van der Waals surface area (Å²) in [6.45, 7) is 5.84. The zero-order valence-electron chi connectivity index (χ0n) is 15.9. The average Bonchev–Trinajstić information content (AvgIpc) is 2.67. The highest BCUT2D eigenvalue weighted by Gasteiger charge is 2.22. The highest BCUT2D eigenvalue weighted by molar-refractivity contribution is 5.69. The summed E-state index contributed by atoms with van der Waals surface area (Å²) in [5.41, 5.74) is 1.25. The lowest BCUT2D eigenvalue weighted by molar-refractivity contribution is -0.384. The molecule has 2 N–H and O–H groups in total. The minimum atomic E-state index is -1.18. The first-order valence-electron chi connectivity index (χ1n) is 9.19. The Hall–Kier alpha value is -2.94. The number of nitrogens with zero attached hydrogens (tertiary/aromatic N) is 3. The molecule has 0 radical (unpaired) electrons. The summed E-state index contributed by atoms with van der Waals surface area (Å²) in [6, 6.07) is 10.1. The van der Waals surface area contributed by atoms with Crippen LogP contribution in [0.4, 0.5) is 33.1 Å². The van der Waals surface area contributed by atoms with Gasteiger partial charge in [-0.2, -0.15) is 0 Å². The lowest BCUT2D eigenvalue weighted by atomic mass is 10.2. The van der Waals surface area contributed by atoms with Gasteiger partial charge in [0.15, 0.2) is 6.30 Å². The number of anilines is 4. The van der Waals surface area contributed by atoms with Gasteiger partial charge in [-0.05, 0) is 36.2 Å². The number of morpholine rings is 1. The van der Waals surface area contributed by atoms with Gasteiger partial charge in [0.1, 0.15) is 5.82 Å². The first-order chi connectivity index (χ1) is 13.4. The molecular formula is C19H24FN5O3. The van der Waals surface area contributed by atoms with Gasteiger partial charge in [-0.15, -0.1) is 0 Å². The van der Waals surface area contributed by atoms with Crippen molar-refractivity contribution in [2.45, 2.75) is 20.1 Å². The number of nitrogens with one attached hydrogen (secondary N) is 2. The fraction of sp³-hybridized carbons (Fsp3) is 0.421. The van der Waals surface area contributed by atoms with Crippen LogP contribution >= 0.6 is 0 Å². The quantitative estimate of drug-likeness (QED) is 0.421. The second-order valence-electron chi connectivity index (χ2n) is 6.97. The van der Waals surface area contributed by atoms with Crippen molar-refractivity contribution in [3.63, 3.8) is 0 Å².